The van der Waals surface area contributed by atoms with E-state index in [1.54, 1.807) is 31.2 Å². The molecule has 6 heteroatoms. The molecule has 0 bridgehead atoms. The van der Waals surface area contributed by atoms with Gasteiger partial charge in [-0.3, -0.25) is 0 Å². The van der Waals surface area contributed by atoms with Crippen molar-refractivity contribution in [3.63, 3.8) is 0 Å². The Bertz CT molecular complexity index is 454. The van der Waals surface area contributed by atoms with E-state index in [4.69, 9.17) is 15.2 Å². The average Bonchev–Trinajstić information content (AvgIpc) is 2.41. The first-order chi connectivity index (χ1) is 8.72. The van der Waals surface area contributed by atoms with Gasteiger partial charge in [-0.05, 0) is 12.5 Å². The van der Waals surface area contributed by atoms with Crippen LogP contribution in [-0.4, -0.2) is 34.4 Å². The zero-order valence-corrected chi connectivity index (χ0v) is 9.91. The van der Waals surface area contributed by atoms with E-state index in [-0.39, 0.29) is 24.5 Å². The van der Waals surface area contributed by atoms with Crippen molar-refractivity contribution in [2.45, 2.75) is 13.3 Å². The molecule has 0 fully saturated rings. The summed E-state index contributed by atoms with van der Waals surface area (Å²) in [6.45, 7) is 1.82. The molecule has 0 saturated heterocycles. The maximum absolute atomic E-state index is 11.4. The fraction of sp³-hybridized carbons (Fsp3) is 0.250. The second kappa shape index (κ2) is 7.05. The Kier molecular flexibility index (Phi) is 5.37. The number of nitrogens with zero attached hydrogens (tertiary/aromatic N) is 2. The maximum atomic E-state index is 11.4. The van der Waals surface area contributed by atoms with E-state index >= 15 is 0 Å². The quantitative estimate of drug-likeness (QED) is 0.360. The number of carbonyl (C=O) groups excluding carboxylic acids is 1. The van der Waals surface area contributed by atoms with E-state index in [0.717, 1.165) is 0 Å². The van der Waals surface area contributed by atoms with Gasteiger partial charge in [0, 0.05) is 6.42 Å². The van der Waals surface area contributed by atoms with Gasteiger partial charge < -0.3 is 15.2 Å². The van der Waals surface area contributed by atoms with Crippen LogP contribution in [0.4, 0.5) is 0 Å². The van der Waals surface area contributed by atoms with Crippen LogP contribution in [0.25, 0.3) is 0 Å². The maximum Gasteiger partial charge on any atom is 0.356 e. The van der Waals surface area contributed by atoms with Crippen molar-refractivity contribution in [3.8, 4) is 0 Å². The van der Waals surface area contributed by atoms with E-state index in [2.05, 4.69) is 10.3 Å². The molecule has 18 heavy (non-hydrogen) atoms. The van der Waals surface area contributed by atoms with Crippen LogP contribution < -0.4 is 0 Å². The Morgan fingerprint density at radius 1 is 1.22 bits per heavy atom. The summed E-state index contributed by atoms with van der Waals surface area (Å²) in [6.07, 6.45) is -0.115. The standard InChI is InChI=1S/C12H14N2O4/c1-2-18-12(15)11(14-17)8-10(13-16)9-6-4-3-5-7-9/h3-7,16-17H,2,8H2,1H3/b13-10-,14-11-. The third-order valence-corrected chi connectivity index (χ3v) is 2.19. The molecule has 0 aromatic heterocycles. The molecule has 0 aliphatic rings. The minimum atomic E-state index is -0.739. The third kappa shape index (κ3) is 3.58. The van der Waals surface area contributed by atoms with Crippen molar-refractivity contribution in [1.82, 2.24) is 0 Å². The Labute approximate surface area is 104 Å². The zero-order valence-electron chi connectivity index (χ0n) is 9.91. The van der Waals surface area contributed by atoms with Gasteiger partial charge in [0.05, 0.1) is 12.3 Å². The molecule has 1 aromatic carbocycles. The molecule has 2 N–H and O–H groups in total. The Hall–Kier alpha value is -2.37. The molecule has 1 rings (SSSR count). The summed E-state index contributed by atoms with van der Waals surface area (Å²) in [6, 6.07) is 8.77. The van der Waals surface area contributed by atoms with Crippen molar-refractivity contribution in [2.24, 2.45) is 10.3 Å². The smallest absolute Gasteiger partial charge is 0.356 e. The van der Waals surface area contributed by atoms with Crippen LogP contribution in [0.5, 0.6) is 0 Å². The number of carbonyl (C=O) groups is 1. The number of hydrogen-bond acceptors (Lipinski definition) is 6. The monoisotopic (exact) mass is 250 g/mol. The van der Waals surface area contributed by atoms with Crippen LogP contribution in [-0.2, 0) is 9.53 Å². The van der Waals surface area contributed by atoms with Crippen molar-refractivity contribution in [2.75, 3.05) is 6.61 Å². The van der Waals surface area contributed by atoms with Gasteiger partial charge in [0.2, 0.25) is 0 Å². The van der Waals surface area contributed by atoms with Gasteiger partial charge in [-0.25, -0.2) is 4.79 Å². The van der Waals surface area contributed by atoms with Gasteiger partial charge in [-0.1, -0.05) is 40.6 Å². The van der Waals surface area contributed by atoms with Crippen LogP contribution in [0.3, 0.4) is 0 Å². The van der Waals surface area contributed by atoms with Gasteiger partial charge >= 0.3 is 5.97 Å². The second-order valence-electron chi connectivity index (χ2n) is 3.36. The summed E-state index contributed by atoms with van der Waals surface area (Å²) in [5.41, 5.74) is 0.635. The van der Waals surface area contributed by atoms with E-state index in [0.29, 0.717) is 5.56 Å². The molecule has 0 radical (unpaired) electrons. The molecule has 0 spiro atoms. The number of ether oxygens (including phenoxy) is 1. The molecule has 0 aliphatic carbocycles. The topological polar surface area (TPSA) is 91.5 Å². The zero-order chi connectivity index (χ0) is 13.4. The molecule has 0 amide bonds. The van der Waals surface area contributed by atoms with Crippen LogP contribution in [0, 0.1) is 0 Å². The average molecular weight is 250 g/mol. The van der Waals surface area contributed by atoms with Gasteiger partial charge in [0.15, 0.2) is 5.71 Å². The van der Waals surface area contributed by atoms with Crippen LogP contribution in [0.2, 0.25) is 0 Å². The molecule has 0 unspecified atom stereocenters. The molecular formula is C12H14N2O4. The Balaban J connectivity index is 2.84. The minimum Gasteiger partial charge on any atom is -0.461 e. The lowest BCUT2D eigenvalue weighted by Crippen LogP contribution is -2.21. The van der Waals surface area contributed by atoms with Gasteiger partial charge in [0.1, 0.15) is 0 Å². The first-order valence-electron chi connectivity index (χ1n) is 5.37. The van der Waals surface area contributed by atoms with E-state index < -0.39 is 5.97 Å². The van der Waals surface area contributed by atoms with Gasteiger partial charge in [0.25, 0.3) is 0 Å². The van der Waals surface area contributed by atoms with Crippen molar-refractivity contribution < 1.29 is 19.9 Å². The van der Waals surface area contributed by atoms with E-state index in [1.165, 1.54) is 0 Å². The predicted octanol–water partition coefficient (Wildman–Crippen LogP) is 1.65. The normalized spacial score (nSPS) is 12.3. The van der Waals surface area contributed by atoms with Crippen molar-refractivity contribution in [1.29, 1.82) is 0 Å². The number of benzene rings is 1. The lowest BCUT2D eigenvalue weighted by molar-refractivity contribution is -0.135. The summed E-state index contributed by atoms with van der Waals surface area (Å²) in [5, 5.41) is 23.7. The summed E-state index contributed by atoms with van der Waals surface area (Å²) in [5.74, 6) is -0.739. The largest absolute Gasteiger partial charge is 0.461 e. The first-order valence-corrected chi connectivity index (χ1v) is 5.37. The highest BCUT2D eigenvalue weighted by molar-refractivity contribution is 6.40. The second-order valence-corrected chi connectivity index (χ2v) is 3.36. The molecule has 1 aromatic rings. The van der Waals surface area contributed by atoms with Crippen molar-refractivity contribution >= 4 is 17.4 Å². The van der Waals surface area contributed by atoms with Gasteiger partial charge in [-0.2, -0.15) is 0 Å². The van der Waals surface area contributed by atoms with Crippen LogP contribution in [0.15, 0.2) is 40.6 Å². The number of rotatable bonds is 5. The molecule has 0 heterocycles. The SMILES string of the molecule is CCOC(=O)/C(C/C(=N/O)c1ccccc1)=N\O. The summed E-state index contributed by atoms with van der Waals surface area (Å²) >= 11 is 0. The number of esters is 1. The summed E-state index contributed by atoms with van der Waals surface area (Å²) in [7, 11) is 0. The molecule has 6 nitrogen and oxygen atoms in total. The van der Waals surface area contributed by atoms with E-state index in [9.17, 15) is 4.79 Å². The lowest BCUT2D eigenvalue weighted by atomic mass is 10.1. The highest BCUT2D eigenvalue weighted by Crippen LogP contribution is 2.06. The van der Waals surface area contributed by atoms with E-state index in [1.807, 2.05) is 6.07 Å². The predicted molar refractivity (Wildman–Crippen MR) is 65.2 cm³/mol. The number of hydrogen-bond donors (Lipinski definition) is 2. The minimum absolute atomic E-state index is 0.115. The summed E-state index contributed by atoms with van der Waals surface area (Å²) < 4.78 is 4.71. The Morgan fingerprint density at radius 3 is 2.39 bits per heavy atom. The van der Waals surface area contributed by atoms with Crippen molar-refractivity contribution in [3.05, 3.63) is 35.9 Å². The third-order valence-electron chi connectivity index (χ3n) is 2.19. The molecular weight excluding hydrogens is 236 g/mol. The highest BCUT2D eigenvalue weighted by atomic mass is 16.5. The summed E-state index contributed by atoms with van der Waals surface area (Å²) in [4.78, 5) is 11.4. The lowest BCUT2D eigenvalue weighted by Gasteiger charge is -2.06. The number of oxime groups is 2. The highest BCUT2D eigenvalue weighted by Gasteiger charge is 2.17. The molecule has 0 saturated carbocycles. The Morgan fingerprint density at radius 2 is 1.89 bits per heavy atom. The fourth-order valence-corrected chi connectivity index (χ4v) is 1.35. The molecule has 96 valence electrons. The van der Waals surface area contributed by atoms with Crippen LogP contribution >= 0.6 is 0 Å². The first kappa shape index (κ1) is 13.7. The van der Waals surface area contributed by atoms with Crippen LogP contribution in [0.1, 0.15) is 18.9 Å². The molecule has 0 aliphatic heterocycles. The van der Waals surface area contributed by atoms with Gasteiger partial charge in [-0.15, -0.1) is 0 Å². The fourth-order valence-electron chi connectivity index (χ4n) is 1.35. The molecule has 0 atom stereocenters.